The minimum atomic E-state index is -0.261. The van der Waals surface area contributed by atoms with Crippen LogP contribution in [0.15, 0.2) is 96.4 Å². The van der Waals surface area contributed by atoms with Crippen molar-refractivity contribution in [3.63, 3.8) is 0 Å². The smallest absolute Gasteiger partial charge is 0.255 e. The molecule has 1 heterocycles. The van der Waals surface area contributed by atoms with E-state index >= 15 is 0 Å². The number of carbonyl (C=O) groups is 2. The molecule has 0 saturated heterocycles. The number of thioether (sulfide) groups is 1. The van der Waals surface area contributed by atoms with Gasteiger partial charge in [-0.25, -0.2) is 4.98 Å². The molecule has 34 heavy (non-hydrogen) atoms. The molecule has 2 amide bonds. The largest absolute Gasteiger partial charge is 0.495 e. The topological polar surface area (TPSA) is 85.2 Å². The van der Waals surface area contributed by atoms with Gasteiger partial charge in [0.1, 0.15) is 5.75 Å². The number of carbonyl (C=O) groups excluding carboxylic acids is 2. The summed E-state index contributed by atoms with van der Waals surface area (Å²) in [4.78, 5) is 29.4. The van der Waals surface area contributed by atoms with Crippen LogP contribution < -0.4 is 15.4 Å². The molecule has 0 aliphatic heterocycles. The summed E-state index contributed by atoms with van der Waals surface area (Å²) < 4.78 is 7.28. The van der Waals surface area contributed by atoms with Crippen molar-refractivity contribution in [1.29, 1.82) is 0 Å². The lowest BCUT2D eigenvalue weighted by atomic mass is 10.2. The van der Waals surface area contributed by atoms with Crippen molar-refractivity contribution in [2.24, 2.45) is 0 Å². The molecule has 1 aromatic heterocycles. The number of nitrogens with zero attached hydrogens (tertiary/aromatic N) is 2. The molecular weight excluding hydrogens is 448 g/mol. The van der Waals surface area contributed by atoms with Crippen LogP contribution in [0, 0.1) is 0 Å². The van der Waals surface area contributed by atoms with Gasteiger partial charge in [0.15, 0.2) is 5.16 Å². The molecule has 0 unspecified atom stereocenters. The Morgan fingerprint density at radius 2 is 1.68 bits per heavy atom. The number of amides is 2. The van der Waals surface area contributed by atoms with E-state index in [0.717, 1.165) is 5.16 Å². The fraction of sp³-hybridized carbons (Fsp3) is 0.115. The molecule has 0 atom stereocenters. The number of imidazole rings is 1. The van der Waals surface area contributed by atoms with Gasteiger partial charge in [0.05, 0.1) is 18.6 Å². The molecule has 0 spiro atoms. The Morgan fingerprint density at radius 1 is 0.941 bits per heavy atom. The normalized spacial score (nSPS) is 10.5. The third-order valence-electron chi connectivity index (χ3n) is 4.99. The molecule has 3 aromatic carbocycles. The number of anilines is 2. The molecule has 2 N–H and O–H groups in total. The van der Waals surface area contributed by atoms with Crippen molar-refractivity contribution in [1.82, 2.24) is 9.55 Å². The Bertz CT molecular complexity index is 1260. The van der Waals surface area contributed by atoms with Gasteiger partial charge in [-0.1, -0.05) is 54.2 Å². The van der Waals surface area contributed by atoms with Gasteiger partial charge >= 0.3 is 0 Å². The zero-order valence-corrected chi connectivity index (χ0v) is 19.4. The van der Waals surface area contributed by atoms with Gasteiger partial charge in [-0.05, 0) is 42.0 Å². The number of aromatic nitrogens is 2. The summed E-state index contributed by atoms with van der Waals surface area (Å²) in [5.41, 5.74) is 2.85. The maximum absolute atomic E-state index is 12.5. The monoisotopic (exact) mass is 472 g/mol. The lowest BCUT2D eigenvalue weighted by molar-refractivity contribution is -0.113. The fourth-order valence-electron chi connectivity index (χ4n) is 3.31. The zero-order chi connectivity index (χ0) is 23.8. The van der Waals surface area contributed by atoms with Gasteiger partial charge in [0.25, 0.3) is 5.91 Å². The number of rotatable bonds is 9. The molecule has 4 rings (SSSR count). The minimum Gasteiger partial charge on any atom is -0.495 e. The first kappa shape index (κ1) is 23.1. The van der Waals surface area contributed by atoms with Crippen molar-refractivity contribution in [3.05, 3.63) is 102 Å². The van der Waals surface area contributed by atoms with E-state index < -0.39 is 0 Å². The Kier molecular flexibility index (Phi) is 7.62. The molecule has 0 aliphatic rings. The standard InChI is InChI=1S/C26H24N4O3S/c1-33-23-10-6-5-9-22(23)29-25(32)20-11-13-21(14-12-20)28-24(31)18-34-26-27-15-16-30(26)17-19-7-3-2-4-8-19/h2-16H,17-18H2,1H3,(H,28,31)(H,29,32). The first-order valence-corrected chi connectivity index (χ1v) is 11.6. The molecule has 0 aliphatic carbocycles. The minimum absolute atomic E-state index is 0.148. The third kappa shape index (κ3) is 6.05. The fourth-order valence-corrected chi connectivity index (χ4v) is 4.07. The van der Waals surface area contributed by atoms with Gasteiger partial charge in [-0.3, -0.25) is 9.59 Å². The van der Waals surface area contributed by atoms with Gasteiger partial charge in [0.2, 0.25) is 5.91 Å². The lowest BCUT2D eigenvalue weighted by Crippen LogP contribution is -2.15. The average molecular weight is 473 g/mol. The highest BCUT2D eigenvalue weighted by atomic mass is 32.2. The summed E-state index contributed by atoms with van der Waals surface area (Å²) in [5.74, 6) is 0.400. The maximum Gasteiger partial charge on any atom is 0.255 e. The van der Waals surface area contributed by atoms with Crippen LogP contribution >= 0.6 is 11.8 Å². The van der Waals surface area contributed by atoms with Gasteiger partial charge in [0, 0.05) is 30.2 Å². The van der Waals surface area contributed by atoms with Gasteiger partial charge in [-0.15, -0.1) is 0 Å². The van der Waals surface area contributed by atoms with Crippen molar-refractivity contribution >= 4 is 35.0 Å². The van der Waals surface area contributed by atoms with Crippen LogP contribution in [0.2, 0.25) is 0 Å². The highest BCUT2D eigenvalue weighted by molar-refractivity contribution is 7.99. The van der Waals surface area contributed by atoms with Crippen LogP contribution in [0.25, 0.3) is 0 Å². The van der Waals surface area contributed by atoms with Crippen LogP contribution in [0.5, 0.6) is 5.75 Å². The van der Waals surface area contributed by atoms with E-state index in [-0.39, 0.29) is 17.6 Å². The number of methoxy groups -OCH3 is 1. The van der Waals surface area contributed by atoms with Gasteiger partial charge in [-0.2, -0.15) is 0 Å². The predicted octanol–water partition coefficient (Wildman–Crippen LogP) is 4.92. The molecule has 7 nitrogen and oxygen atoms in total. The zero-order valence-electron chi connectivity index (χ0n) is 18.6. The molecule has 0 fully saturated rings. The number of ether oxygens (including phenoxy) is 1. The van der Waals surface area contributed by atoms with Crippen molar-refractivity contribution in [2.75, 3.05) is 23.5 Å². The Balaban J connectivity index is 1.30. The molecule has 4 aromatic rings. The molecule has 172 valence electrons. The predicted molar refractivity (Wildman–Crippen MR) is 135 cm³/mol. The Hall–Kier alpha value is -4.04. The third-order valence-corrected chi connectivity index (χ3v) is 6.00. The molecule has 0 bridgehead atoms. The average Bonchev–Trinajstić information content (AvgIpc) is 3.31. The second kappa shape index (κ2) is 11.2. The second-order valence-corrected chi connectivity index (χ2v) is 8.33. The van der Waals surface area contributed by atoms with Crippen molar-refractivity contribution in [2.45, 2.75) is 11.7 Å². The van der Waals surface area contributed by atoms with Crippen LogP contribution in [0.4, 0.5) is 11.4 Å². The molecule has 8 heteroatoms. The first-order valence-electron chi connectivity index (χ1n) is 10.6. The van der Waals surface area contributed by atoms with E-state index in [1.807, 2.05) is 41.1 Å². The lowest BCUT2D eigenvalue weighted by Gasteiger charge is -2.10. The van der Waals surface area contributed by atoms with E-state index in [2.05, 4.69) is 27.8 Å². The van der Waals surface area contributed by atoms with E-state index in [1.165, 1.54) is 17.3 Å². The van der Waals surface area contributed by atoms with E-state index in [1.54, 1.807) is 49.7 Å². The van der Waals surface area contributed by atoms with E-state index in [4.69, 9.17) is 4.74 Å². The van der Waals surface area contributed by atoms with Crippen LogP contribution in [-0.2, 0) is 11.3 Å². The second-order valence-electron chi connectivity index (χ2n) is 7.39. The Morgan fingerprint density at radius 3 is 2.44 bits per heavy atom. The summed E-state index contributed by atoms with van der Waals surface area (Å²) in [6.07, 6.45) is 3.64. The number of hydrogen-bond donors (Lipinski definition) is 2. The van der Waals surface area contributed by atoms with E-state index in [9.17, 15) is 9.59 Å². The van der Waals surface area contributed by atoms with Crippen molar-refractivity contribution < 1.29 is 14.3 Å². The molecule has 0 radical (unpaired) electrons. The summed E-state index contributed by atoms with van der Waals surface area (Å²) in [6, 6.07) is 24.0. The summed E-state index contributed by atoms with van der Waals surface area (Å²) in [6.45, 7) is 0.698. The summed E-state index contributed by atoms with van der Waals surface area (Å²) >= 11 is 1.38. The SMILES string of the molecule is COc1ccccc1NC(=O)c1ccc(NC(=O)CSc2nccn2Cc2ccccc2)cc1. The molecule has 0 saturated carbocycles. The highest BCUT2D eigenvalue weighted by Crippen LogP contribution is 2.24. The van der Waals surface area contributed by atoms with Crippen LogP contribution in [0.3, 0.4) is 0 Å². The summed E-state index contributed by atoms with van der Waals surface area (Å²) in [5, 5.41) is 6.47. The number of hydrogen-bond acceptors (Lipinski definition) is 5. The van der Waals surface area contributed by atoms with Crippen LogP contribution in [-0.4, -0.2) is 34.2 Å². The number of para-hydroxylation sites is 2. The maximum atomic E-state index is 12.5. The highest BCUT2D eigenvalue weighted by Gasteiger charge is 2.11. The van der Waals surface area contributed by atoms with Crippen LogP contribution in [0.1, 0.15) is 15.9 Å². The molecular formula is C26H24N4O3S. The number of benzene rings is 3. The quantitative estimate of drug-likeness (QED) is 0.338. The first-order chi connectivity index (χ1) is 16.6. The van der Waals surface area contributed by atoms with E-state index in [0.29, 0.717) is 29.2 Å². The van der Waals surface area contributed by atoms with Gasteiger partial charge < -0.3 is 19.9 Å². The summed E-state index contributed by atoms with van der Waals surface area (Å²) in [7, 11) is 1.55. The Labute approximate surface area is 202 Å². The van der Waals surface area contributed by atoms with Crippen molar-refractivity contribution in [3.8, 4) is 5.75 Å². The number of nitrogens with one attached hydrogen (secondary N) is 2.